The second-order valence-corrected chi connectivity index (χ2v) is 6.31. The Hall–Kier alpha value is -1.35. The maximum Gasteiger partial charge on any atom is 0.137 e. The molecule has 2 atom stereocenters. The molecule has 21 heavy (non-hydrogen) atoms. The third kappa shape index (κ3) is 3.13. The van der Waals surface area contributed by atoms with Gasteiger partial charge in [-0.05, 0) is 38.3 Å². The number of Topliss-reactive ketones (excluding diaryl/α,β-unsaturated/α-hetero) is 1. The Morgan fingerprint density at radius 1 is 1.19 bits per heavy atom. The summed E-state index contributed by atoms with van der Waals surface area (Å²) in [6, 6.07) is 8.68. The molecule has 2 unspecified atom stereocenters. The molecule has 114 valence electrons. The van der Waals surface area contributed by atoms with Crippen LogP contribution in [0.25, 0.3) is 0 Å². The van der Waals surface area contributed by atoms with E-state index >= 15 is 0 Å². The third-order valence-corrected chi connectivity index (χ3v) is 5.05. The van der Waals surface area contributed by atoms with Crippen LogP contribution in [-0.2, 0) is 11.3 Å². The first-order chi connectivity index (χ1) is 10.3. The lowest BCUT2D eigenvalue weighted by Gasteiger charge is -2.33. The number of hydrogen-bond acceptors (Lipinski definition) is 3. The number of para-hydroxylation sites is 1. The summed E-state index contributed by atoms with van der Waals surface area (Å²) in [4.78, 5) is 14.8. The molecule has 0 bridgehead atoms. The molecular weight excluding hydrogens is 262 g/mol. The van der Waals surface area contributed by atoms with E-state index in [4.69, 9.17) is 4.74 Å². The highest BCUT2D eigenvalue weighted by Crippen LogP contribution is 2.34. The molecule has 1 aromatic carbocycles. The second-order valence-electron chi connectivity index (χ2n) is 6.31. The summed E-state index contributed by atoms with van der Waals surface area (Å²) in [6.45, 7) is 2.00. The van der Waals surface area contributed by atoms with Crippen molar-refractivity contribution in [3.05, 3.63) is 29.8 Å². The van der Waals surface area contributed by atoms with Gasteiger partial charge < -0.3 is 4.74 Å². The van der Waals surface area contributed by atoms with Gasteiger partial charge in [0.15, 0.2) is 0 Å². The summed E-state index contributed by atoms with van der Waals surface area (Å²) in [7, 11) is 1.73. The van der Waals surface area contributed by atoms with E-state index in [-0.39, 0.29) is 5.92 Å². The molecule has 3 heteroatoms. The lowest BCUT2D eigenvalue weighted by molar-refractivity contribution is -0.126. The number of benzene rings is 1. The van der Waals surface area contributed by atoms with Crippen LogP contribution in [0.2, 0.25) is 0 Å². The average Bonchev–Trinajstić information content (AvgIpc) is 2.96. The minimum atomic E-state index is 0.274. The van der Waals surface area contributed by atoms with Crippen molar-refractivity contribution in [2.45, 2.75) is 51.1 Å². The first-order valence-electron chi connectivity index (χ1n) is 8.18. The Balaban J connectivity index is 1.73. The van der Waals surface area contributed by atoms with Crippen LogP contribution >= 0.6 is 0 Å². The normalized spacial score (nSPS) is 27.0. The molecule has 0 spiro atoms. The molecular formula is C18H25NO2. The van der Waals surface area contributed by atoms with Gasteiger partial charge in [-0.25, -0.2) is 0 Å². The zero-order valence-corrected chi connectivity index (χ0v) is 12.9. The van der Waals surface area contributed by atoms with Crippen molar-refractivity contribution < 1.29 is 9.53 Å². The summed E-state index contributed by atoms with van der Waals surface area (Å²) in [5.74, 6) is 1.73. The van der Waals surface area contributed by atoms with Crippen molar-refractivity contribution in [3.8, 4) is 5.75 Å². The molecule has 1 heterocycles. The molecule has 3 nitrogen and oxygen atoms in total. The highest BCUT2D eigenvalue weighted by atomic mass is 16.5. The predicted molar refractivity (Wildman–Crippen MR) is 83.4 cm³/mol. The Kier molecular flexibility index (Phi) is 4.59. The molecule has 2 aliphatic rings. The van der Waals surface area contributed by atoms with E-state index in [2.05, 4.69) is 17.0 Å². The Morgan fingerprint density at radius 2 is 2.05 bits per heavy atom. The highest BCUT2D eigenvalue weighted by Gasteiger charge is 2.36. The average molecular weight is 287 g/mol. The maximum atomic E-state index is 12.3. The van der Waals surface area contributed by atoms with Gasteiger partial charge in [-0.2, -0.15) is 0 Å². The Morgan fingerprint density at radius 3 is 2.86 bits per heavy atom. The lowest BCUT2D eigenvalue weighted by Crippen LogP contribution is -2.40. The zero-order valence-electron chi connectivity index (χ0n) is 12.9. The van der Waals surface area contributed by atoms with Crippen molar-refractivity contribution in [1.82, 2.24) is 4.90 Å². The van der Waals surface area contributed by atoms with Crippen LogP contribution in [0.4, 0.5) is 0 Å². The Bertz CT molecular complexity index is 500. The van der Waals surface area contributed by atoms with Crippen molar-refractivity contribution in [2.24, 2.45) is 5.92 Å². The van der Waals surface area contributed by atoms with Crippen LogP contribution in [0.3, 0.4) is 0 Å². The van der Waals surface area contributed by atoms with Gasteiger partial charge in [-0.3, -0.25) is 9.69 Å². The summed E-state index contributed by atoms with van der Waals surface area (Å²) in [5.41, 5.74) is 1.23. The quantitative estimate of drug-likeness (QED) is 0.850. The van der Waals surface area contributed by atoms with Gasteiger partial charge in [-0.1, -0.05) is 24.6 Å². The van der Waals surface area contributed by atoms with Crippen LogP contribution in [0.15, 0.2) is 24.3 Å². The van der Waals surface area contributed by atoms with Crippen molar-refractivity contribution in [3.63, 3.8) is 0 Å². The van der Waals surface area contributed by atoms with Crippen LogP contribution in [0.1, 0.15) is 44.1 Å². The van der Waals surface area contributed by atoms with Crippen molar-refractivity contribution in [1.29, 1.82) is 0 Å². The standard InChI is InChI=1S/C18H25NO2/c1-21-18-11-5-2-7-14(18)13-19-12-6-9-16(19)15-8-3-4-10-17(15)20/h2,5,7,11,15-16H,3-4,6,8-10,12-13H2,1H3. The van der Waals surface area contributed by atoms with E-state index in [0.717, 1.165) is 38.1 Å². The van der Waals surface area contributed by atoms with Gasteiger partial charge in [0.25, 0.3) is 0 Å². The van der Waals surface area contributed by atoms with E-state index in [1.165, 1.54) is 24.8 Å². The fraction of sp³-hybridized carbons (Fsp3) is 0.611. The molecule has 0 radical (unpaired) electrons. The molecule has 0 amide bonds. The minimum absolute atomic E-state index is 0.274. The number of carbonyl (C=O) groups excluding carboxylic acids is 1. The highest BCUT2D eigenvalue weighted by molar-refractivity contribution is 5.82. The number of carbonyl (C=O) groups is 1. The minimum Gasteiger partial charge on any atom is -0.496 e. The number of methoxy groups -OCH3 is 1. The number of likely N-dealkylation sites (tertiary alicyclic amines) is 1. The maximum absolute atomic E-state index is 12.3. The molecule has 1 aliphatic heterocycles. The van der Waals surface area contributed by atoms with Gasteiger partial charge in [0, 0.05) is 30.5 Å². The fourth-order valence-electron chi connectivity index (χ4n) is 3.97. The number of rotatable bonds is 4. The van der Waals surface area contributed by atoms with Gasteiger partial charge in [0.1, 0.15) is 11.5 Å². The molecule has 0 N–H and O–H groups in total. The summed E-state index contributed by atoms with van der Waals surface area (Å²) < 4.78 is 5.46. The largest absolute Gasteiger partial charge is 0.496 e. The molecule has 1 aliphatic carbocycles. The molecule has 0 aromatic heterocycles. The van der Waals surface area contributed by atoms with E-state index in [0.29, 0.717) is 11.8 Å². The SMILES string of the molecule is COc1ccccc1CN1CCCC1C1CCCCC1=O. The number of ether oxygens (including phenoxy) is 1. The van der Waals surface area contributed by atoms with Crippen molar-refractivity contribution >= 4 is 5.78 Å². The number of ketones is 1. The van der Waals surface area contributed by atoms with Gasteiger partial charge in [0.2, 0.25) is 0 Å². The number of nitrogens with zero attached hydrogens (tertiary/aromatic N) is 1. The van der Waals surface area contributed by atoms with E-state index < -0.39 is 0 Å². The molecule has 1 saturated heterocycles. The summed E-state index contributed by atoms with van der Waals surface area (Å²) >= 11 is 0. The lowest BCUT2D eigenvalue weighted by atomic mass is 9.81. The predicted octanol–water partition coefficient (Wildman–Crippen LogP) is 3.42. The first-order valence-corrected chi connectivity index (χ1v) is 8.18. The monoisotopic (exact) mass is 287 g/mol. The summed E-state index contributed by atoms with van der Waals surface area (Å²) in [6.07, 6.45) is 6.58. The topological polar surface area (TPSA) is 29.5 Å². The van der Waals surface area contributed by atoms with Crippen LogP contribution in [0, 0.1) is 5.92 Å². The third-order valence-electron chi connectivity index (χ3n) is 5.05. The Labute approximate surface area is 127 Å². The van der Waals surface area contributed by atoms with E-state index in [1.54, 1.807) is 7.11 Å². The van der Waals surface area contributed by atoms with Crippen LogP contribution in [0.5, 0.6) is 5.75 Å². The summed E-state index contributed by atoms with van der Waals surface area (Å²) in [5, 5.41) is 0. The van der Waals surface area contributed by atoms with Crippen molar-refractivity contribution in [2.75, 3.05) is 13.7 Å². The van der Waals surface area contributed by atoms with Crippen LogP contribution < -0.4 is 4.74 Å². The van der Waals surface area contributed by atoms with Crippen LogP contribution in [-0.4, -0.2) is 30.4 Å². The zero-order chi connectivity index (χ0) is 14.7. The molecule has 2 fully saturated rings. The molecule has 3 rings (SSSR count). The number of hydrogen-bond donors (Lipinski definition) is 0. The first kappa shape index (κ1) is 14.6. The van der Waals surface area contributed by atoms with Gasteiger partial charge >= 0.3 is 0 Å². The van der Waals surface area contributed by atoms with Gasteiger partial charge in [-0.15, -0.1) is 0 Å². The van der Waals surface area contributed by atoms with E-state index in [1.807, 2.05) is 12.1 Å². The fourth-order valence-corrected chi connectivity index (χ4v) is 3.97. The van der Waals surface area contributed by atoms with Gasteiger partial charge in [0.05, 0.1) is 7.11 Å². The molecule has 1 aromatic rings. The smallest absolute Gasteiger partial charge is 0.137 e. The molecule has 1 saturated carbocycles. The van der Waals surface area contributed by atoms with E-state index in [9.17, 15) is 4.79 Å². The second kappa shape index (κ2) is 6.61.